The van der Waals surface area contributed by atoms with Gasteiger partial charge in [0.05, 0.1) is 27.7 Å². The fourth-order valence-electron chi connectivity index (χ4n) is 8.95. The minimum Gasteiger partial charge on any atom is -0.756 e. The van der Waals surface area contributed by atoms with E-state index in [1.54, 1.807) is 0 Å². The number of rotatable bonds is 60. The summed E-state index contributed by atoms with van der Waals surface area (Å²) in [6.07, 6.45) is 88.3. The van der Waals surface area contributed by atoms with Crippen molar-refractivity contribution in [3.63, 3.8) is 0 Å². The van der Waals surface area contributed by atoms with Crippen molar-refractivity contribution >= 4 is 19.8 Å². The molecule has 0 heterocycles. The molecule has 0 aliphatic rings. The van der Waals surface area contributed by atoms with Gasteiger partial charge in [-0.15, -0.1) is 0 Å². The maximum Gasteiger partial charge on any atom is 0.306 e. The molecule has 0 bridgehead atoms. The molecule has 0 amide bonds. The highest BCUT2D eigenvalue weighted by Gasteiger charge is 2.22. The van der Waals surface area contributed by atoms with Gasteiger partial charge in [0.15, 0.2) is 6.10 Å². The molecule has 0 aliphatic heterocycles. The van der Waals surface area contributed by atoms with E-state index in [9.17, 15) is 19.0 Å². The Morgan fingerprint density at radius 2 is 0.659 bits per heavy atom. The number of esters is 2. The summed E-state index contributed by atoms with van der Waals surface area (Å²) in [5, 5.41) is 0. The number of unbranched alkanes of at least 4 members (excludes halogenated alkanes) is 26. The van der Waals surface area contributed by atoms with E-state index in [0.29, 0.717) is 17.4 Å². The number of phosphoric acid groups is 1. The quantitative estimate of drug-likeness (QED) is 0.0195. The minimum absolute atomic E-state index is 0.0359. The van der Waals surface area contributed by atoms with Crippen molar-refractivity contribution in [3.8, 4) is 0 Å². The van der Waals surface area contributed by atoms with Crippen LogP contribution in [0.25, 0.3) is 0 Å². The Morgan fingerprint density at radius 3 is 0.976 bits per heavy atom. The molecule has 0 saturated heterocycles. The van der Waals surface area contributed by atoms with Gasteiger partial charge in [-0.25, -0.2) is 0 Å². The number of nitrogens with zero attached hydrogens (tertiary/aromatic N) is 1. The van der Waals surface area contributed by atoms with Crippen molar-refractivity contribution in [1.82, 2.24) is 0 Å². The van der Waals surface area contributed by atoms with Crippen molar-refractivity contribution in [2.75, 3.05) is 47.5 Å². The number of ether oxygens (including phenoxy) is 2. The fourth-order valence-corrected chi connectivity index (χ4v) is 9.68. The summed E-state index contributed by atoms with van der Waals surface area (Å²) in [5.74, 6) is -0.836. The summed E-state index contributed by atoms with van der Waals surface area (Å²) < 4.78 is 34.3. The van der Waals surface area contributed by atoms with Crippen LogP contribution in [0.3, 0.4) is 0 Å². The predicted octanol–water partition coefficient (Wildman–Crippen LogP) is 20.9. The lowest BCUT2D eigenvalue weighted by atomic mass is 10.0. The largest absolute Gasteiger partial charge is 0.756 e. The molecule has 0 saturated carbocycles. The van der Waals surface area contributed by atoms with Crippen molar-refractivity contribution in [2.45, 2.75) is 277 Å². The van der Waals surface area contributed by atoms with Gasteiger partial charge in [-0.2, -0.15) is 0 Å². The normalized spacial score (nSPS) is 14.0. The van der Waals surface area contributed by atoms with E-state index < -0.39 is 26.5 Å². The lowest BCUT2D eigenvalue weighted by Gasteiger charge is -2.28. The lowest BCUT2D eigenvalue weighted by molar-refractivity contribution is -0.870. The third-order valence-electron chi connectivity index (χ3n) is 14.0. The Labute approximate surface area is 505 Å². The number of carbonyl (C=O) groups is 2. The van der Waals surface area contributed by atoms with Crippen LogP contribution in [0.4, 0.5) is 0 Å². The van der Waals surface area contributed by atoms with E-state index in [-0.39, 0.29) is 32.0 Å². The average molecular weight is 1160 g/mol. The number of hydrogen-bond donors (Lipinski definition) is 0. The Morgan fingerprint density at radius 1 is 0.378 bits per heavy atom. The molecule has 10 heteroatoms. The van der Waals surface area contributed by atoms with Gasteiger partial charge in [0, 0.05) is 12.8 Å². The van der Waals surface area contributed by atoms with Gasteiger partial charge in [0.25, 0.3) is 7.82 Å². The lowest BCUT2D eigenvalue weighted by Crippen LogP contribution is -2.37. The van der Waals surface area contributed by atoms with Gasteiger partial charge in [-0.05, 0) is 103 Å². The third kappa shape index (κ3) is 65.6. The van der Waals surface area contributed by atoms with Crippen LogP contribution < -0.4 is 4.89 Å². The number of quaternary nitrogens is 1. The highest BCUT2D eigenvalue weighted by atomic mass is 31.2. The first-order valence-corrected chi connectivity index (χ1v) is 34.7. The van der Waals surface area contributed by atoms with E-state index in [1.165, 1.54) is 122 Å². The summed E-state index contributed by atoms with van der Waals surface area (Å²) in [7, 11) is 1.16. The first-order chi connectivity index (χ1) is 40.0. The van der Waals surface area contributed by atoms with Gasteiger partial charge >= 0.3 is 11.9 Å². The SMILES string of the molecule is CC/C=C\C/C=C\C/C=C\C/C=C\C/C=C\CCCCCCCCCCCCCCCCCC(=O)OC(COC(=O)CCCCCCCCCCCCC/C=C\C/C=C\C/C=C\C/C=C\C/C=C\CC)COP(=O)([O-])OCC[N+](C)(C)C. The number of allylic oxidation sites excluding steroid dienone is 20. The zero-order valence-electron chi connectivity index (χ0n) is 53.4. The zero-order chi connectivity index (χ0) is 59.8. The molecule has 0 radical (unpaired) electrons. The molecular formula is C72H124NO8P. The van der Waals surface area contributed by atoms with Gasteiger partial charge < -0.3 is 27.9 Å². The fraction of sp³-hybridized carbons (Fsp3) is 0.694. The second-order valence-electron chi connectivity index (χ2n) is 23.1. The highest BCUT2D eigenvalue weighted by Crippen LogP contribution is 2.38. The molecule has 9 nitrogen and oxygen atoms in total. The van der Waals surface area contributed by atoms with Crippen LogP contribution in [-0.2, 0) is 32.7 Å². The van der Waals surface area contributed by atoms with Crippen LogP contribution in [-0.4, -0.2) is 70.0 Å². The standard InChI is InChI=1S/C72H124NO8P/c1-6-8-10-12-14-16-18-20-22-24-26-28-30-32-34-35-36-37-39-41-43-45-47-49-51-53-55-57-59-61-63-65-72(75)81-70(69-80-82(76,77)79-67-66-73(3,4)5)68-78-71(74)64-62-60-58-56-54-52-50-48-46-44-42-40-38-33-31-29-27-25-23-21-19-17-15-13-11-9-7-2/h8-11,14-17,20-23,26-29,32-34,38,70H,6-7,12-13,18-19,24-25,30-31,35-37,39-69H2,1-5H3/b10-8-,11-9-,16-14-,17-15-,22-20-,23-21-,28-26-,29-27-,34-32-,38-33-. The Balaban J connectivity index is 4.10. The van der Waals surface area contributed by atoms with E-state index in [4.69, 9.17) is 18.5 Å². The first-order valence-electron chi connectivity index (χ1n) is 33.2. The van der Waals surface area contributed by atoms with Gasteiger partial charge in [-0.3, -0.25) is 14.2 Å². The molecule has 2 unspecified atom stereocenters. The first kappa shape index (κ1) is 78.4. The number of phosphoric ester groups is 1. The van der Waals surface area contributed by atoms with Crippen molar-refractivity contribution in [3.05, 3.63) is 122 Å². The summed E-state index contributed by atoms with van der Waals surface area (Å²) >= 11 is 0. The van der Waals surface area contributed by atoms with Crippen LogP contribution in [0, 0.1) is 0 Å². The number of hydrogen-bond acceptors (Lipinski definition) is 8. The maximum atomic E-state index is 12.9. The summed E-state index contributed by atoms with van der Waals surface area (Å²) in [6, 6.07) is 0. The molecule has 0 aromatic carbocycles. The smallest absolute Gasteiger partial charge is 0.306 e. The topological polar surface area (TPSA) is 111 Å². The average Bonchev–Trinajstić information content (AvgIpc) is 3.46. The molecule has 0 N–H and O–H groups in total. The van der Waals surface area contributed by atoms with Crippen molar-refractivity contribution < 1.29 is 42.1 Å². The number of carbonyl (C=O) groups excluding carboxylic acids is 2. The molecule has 82 heavy (non-hydrogen) atoms. The van der Waals surface area contributed by atoms with E-state index >= 15 is 0 Å². The van der Waals surface area contributed by atoms with Gasteiger partial charge in [0.1, 0.15) is 19.8 Å². The van der Waals surface area contributed by atoms with Crippen LogP contribution in [0.2, 0.25) is 0 Å². The summed E-state index contributed by atoms with van der Waals surface area (Å²) in [5.41, 5.74) is 0. The second-order valence-corrected chi connectivity index (χ2v) is 24.5. The molecule has 0 rings (SSSR count). The Bertz CT molecular complexity index is 1800. The van der Waals surface area contributed by atoms with Gasteiger partial charge in [-0.1, -0.05) is 277 Å². The van der Waals surface area contributed by atoms with Crippen LogP contribution in [0.1, 0.15) is 271 Å². The maximum absolute atomic E-state index is 12.9. The van der Waals surface area contributed by atoms with Gasteiger partial charge in [0.2, 0.25) is 0 Å². The molecule has 0 aliphatic carbocycles. The van der Waals surface area contributed by atoms with Crippen molar-refractivity contribution in [2.24, 2.45) is 0 Å². The van der Waals surface area contributed by atoms with Crippen LogP contribution in [0.15, 0.2) is 122 Å². The number of likely N-dealkylation sites (N-methyl/N-ethyl adjacent to an activating group) is 1. The Hall–Kier alpha value is -3.59. The van der Waals surface area contributed by atoms with Crippen LogP contribution in [0.5, 0.6) is 0 Å². The van der Waals surface area contributed by atoms with Crippen molar-refractivity contribution in [1.29, 1.82) is 0 Å². The van der Waals surface area contributed by atoms with E-state index in [0.717, 1.165) is 116 Å². The predicted molar refractivity (Wildman–Crippen MR) is 351 cm³/mol. The minimum atomic E-state index is -4.65. The summed E-state index contributed by atoms with van der Waals surface area (Å²) in [4.78, 5) is 38.0. The van der Waals surface area contributed by atoms with E-state index in [2.05, 4.69) is 135 Å². The molecule has 470 valence electrons. The second kappa shape index (κ2) is 62.0. The molecule has 0 aromatic heterocycles. The molecule has 0 spiro atoms. The molecule has 0 fully saturated rings. The molecule has 0 aromatic rings. The summed E-state index contributed by atoms with van der Waals surface area (Å²) in [6.45, 7) is 4.02. The molecular weight excluding hydrogens is 1040 g/mol. The monoisotopic (exact) mass is 1160 g/mol. The van der Waals surface area contributed by atoms with E-state index in [1.807, 2.05) is 21.1 Å². The third-order valence-corrected chi connectivity index (χ3v) is 14.9. The van der Waals surface area contributed by atoms with Crippen LogP contribution >= 0.6 is 7.82 Å². The zero-order valence-corrected chi connectivity index (χ0v) is 54.3. The Kier molecular flexibility index (Phi) is 59.2. The highest BCUT2D eigenvalue weighted by molar-refractivity contribution is 7.45. The molecule has 2 atom stereocenters.